The number of nitrogens with zero attached hydrogens (tertiary/aromatic N) is 1. The minimum Gasteiger partial charge on any atom is -0.497 e. The number of halogens is 3. The topological polar surface area (TPSA) is 32.7 Å². The third kappa shape index (κ3) is 2.27. The highest BCUT2D eigenvalue weighted by Gasteiger charge is 2.61. The van der Waals surface area contributed by atoms with E-state index in [9.17, 15) is 18.3 Å². The summed E-state index contributed by atoms with van der Waals surface area (Å²) in [5, 5.41) is 10.5. The standard InChI is InChI=1S/C15H18F3NO2/c1-4-19(5-2)13-9-10-8-11(21-3)6-7-12(10)14(13,20)15(16,17)18/h6-9,20H,4-5H2,1-3H3. The van der Waals surface area contributed by atoms with Gasteiger partial charge in [-0.2, -0.15) is 13.2 Å². The molecule has 2 rings (SSSR count). The van der Waals surface area contributed by atoms with Gasteiger partial charge in [-0.1, -0.05) is 6.07 Å². The van der Waals surface area contributed by atoms with Crippen molar-refractivity contribution in [3.8, 4) is 5.75 Å². The molecule has 1 aromatic carbocycles. The summed E-state index contributed by atoms with van der Waals surface area (Å²) in [4.78, 5) is 1.51. The van der Waals surface area contributed by atoms with E-state index in [1.54, 1.807) is 13.8 Å². The minimum absolute atomic E-state index is 0.136. The van der Waals surface area contributed by atoms with Crippen LogP contribution in [0.15, 0.2) is 23.9 Å². The fourth-order valence-electron chi connectivity index (χ4n) is 2.69. The highest BCUT2D eigenvalue weighted by Crippen LogP contribution is 2.51. The largest absolute Gasteiger partial charge is 0.497 e. The van der Waals surface area contributed by atoms with Crippen molar-refractivity contribution in [3.05, 3.63) is 35.0 Å². The Morgan fingerprint density at radius 2 is 1.86 bits per heavy atom. The van der Waals surface area contributed by atoms with Crippen molar-refractivity contribution in [2.24, 2.45) is 0 Å². The first kappa shape index (κ1) is 15.7. The van der Waals surface area contributed by atoms with E-state index in [0.29, 0.717) is 24.4 Å². The summed E-state index contributed by atoms with van der Waals surface area (Å²) < 4.78 is 45.7. The van der Waals surface area contributed by atoms with Crippen LogP contribution < -0.4 is 4.74 Å². The van der Waals surface area contributed by atoms with Crippen molar-refractivity contribution >= 4 is 6.08 Å². The number of rotatable bonds is 4. The zero-order valence-corrected chi connectivity index (χ0v) is 12.2. The first-order chi connectivity index (χ1) is 9.79. The molecule has 0 bridgehead atoms. The molecule has 0 radical (unpaired) electrons. The van der Waals surface area contributed by atoms with Gasteiger partial charge in [-0.25, -0.2) is 0 Å². The average Bonchev–Trinajstić information content (AvgIpc) is 2.74. The maximum atomic E-state index is 13.5. The number of hydrogen-bond donors (Lipinski definition) is 1. The number of benzene rings is 1. The molecule has 0 amide bonds. The number of fused-ring (bicyclic) bond motifs is 1. The maximum Gasteiger partial charge on any atom is 0.427 e. The first-order valence-corrected chi connectivity index (χ1v) is 6.74. The molecule has 0 saturated carbocycles. The summed E-state index contributed by atoms with van der Waals surface area (Å²) in [5.74, 6) is 0.454. The molecule has 1 N–H and O–H groups in total. The van der Waals surface area contributed by atoms with Gasteiger partial charge in [0.15, 0.2) is 0 Å². The van der Waals surface area contributed by atoms with E-state index in [1.807, 2.05) is 0 Å². The van der Waals surface area contributed by atoms with E-state index < -0.39 is 11.8 Å². The second kappa shape index (κ2) is 5.26. The number of methoxy groups -OCH3 is 1. The molecule has 0 aromatic heterocycles. The molecule has 3 nitrogen and oxygen atoms in total. The second-order valence-corrected chi connectivity index (χ2v) is 4.86. The number of aliphatic hydroxyl groups is 1. The van der Waals surface area contributed by atoms with Gasteiger partial charge in [0.25, 0.3) is 0 Å². The Hall–Kier alpha value is -1.69. The van der Waals surface area contributed by atoms with Gasteiger partial charge >= 0.3 is 6.18 Å². The van der Waals surface area contributed by atoms with Gasteiger partial charge in [-0.15, -0.1) is 0 Å². The molecular weight excluding hydrogens is 283 g/mol. The predicted molar refractivity (Wildman–Crippen MR) is 73.8 cm³/mol. The lowest BCUT2D eigenvalue weighted by atomic mass is 9.92. The van der Waals surface area contributed by atoms with E-state index in [2.05, 4.69) is 0 Å². The molecule has 1 unspecified atom stereocenters. The van der Waals surface area contributed by atoms with Crippen molar-refractivity contribution in [1.82, 2.24) is 4.90 Å². The number of likely N-dealkylation sites (N-methyl/N-ethyl adjacent to an activating group) is 1. The van der Waals surface area contributed by atoms with Crippen molar-refractivity contribution in [3.63, 3.8) is 0 Å². The summed E-state index contributed by atoms with van der Waals surface area (Å²) in [6.07, 6.45) is -3.40. The number of ether oxygens (including phenoxy) is 1. The molecular formula is C15H18F3NO2. The van der Waals surface area contributed by atoms with Gasteiger partial charge in [0, 0.05) is 18.7 Å². The van der Waals surface area contributed by atoms with Crippen LogP contribution in [0.25, 0.3) is 6.08 Å². The Bertz CT molecular complexity index is 565. The van der Waals surface area contributed by atoms with Crippen LogP contribution in [-0.2, 0) is 5.60 Å². The Balaban J connectivity index is 2.64. The fraction of sp³-hybridized carbons (Fsp3) is 0.467. The molecule has 1 aromatic rings. The summed E-state index contributed by atoms with van der Waals surface area (Å²) in [5.41, 5.74) is -2.93. The molecule has 0 saturated heterocycles. The van der Waals surface area contributed by atoms with Crippen LogP contribution in [0.3, 0.4) is 0 Å². The zero-order valence-electron chi connectivity index (χ0n) is 12.2. The van der Waals surface area contributed by atoms with Gasteiger partial charge in [0.05, 0.1) is 12.8 Å². The van der Waals surface area contributed by atoms with Crippen LogP contribution in [-0.4, -0.2) is 36.4 Å². The summed E-state index contributed by atoms with van der Waals surface area (Å²) in [6.45, 7) is 4.27. The van der Waals surface area contributed by atoms with E-state index in [1.165, 1.54) is 36.3 Å². The first-order valence-electron chi connectivity index (χ1n) is 6.74. The minimum atomic E-state index is -4.79. The second-order valence-electron chi connectivity index (χ2n) is 4.86. The average molecular weight is 301 g/mol. The number of hydrogen-bond acceptors (Lipinski definition) is 3. The van der Waals surface area contributed by atoms with Crippen molar-refractivity contribution in [2.45, 2.75) is 25.6 Å². The van der Waals surface area contributed by atoms with Crippen LogP contribution in [0.4, 0.5) is 13.2 Å². The molecule has 1 aliphatic carbocycles. The molecule has 1 atom stereocenters. The number of alkyl halides is 3. The quantitative estimate of drug-likeness (QED) is 0.927. The van der Waals surface area contributed by atoms with Crippen LogP contribution in [0.5, 0.6) is 5.75 Å². The lowest BCUT2D eigenvalue weighted by molar-refractivity contribution is -0.254. The SMILES string of the molecule is CCN(CC)C1=Cc2cc(OC)ccc2C1(O)C(F)(F)F. The zero-order chi connectivity index (χ0) is 15.8. The fourth-order valence-corrected chi connectivity index (χ4v) is 2.69. The lowest BCUT2D eigenvalue weighted by Crippen LogP contribution is -2.47. The Kier molecular flexibility index (Phi) is 3.93. The molecule has 0 spiro atoms. The summed E-state index contributed by atoms with van der Waals surface area (Å²) in [6, 6.07) is 4.20. The van der Waals surface area contributed by atoms with Crippen LogP contribution in [0.1, 0.15) is 25.0 Å². The van der Waals surface area contributed by atoms with Gasteiger partial charge in [0.2, 0.25) is 5.60 Å². The van der Waals surface area contributed by atoms with Crippen LogP contribution in [0.2, 0.25) is 0 Å². The van der Waals surface area contributed by atoms with Crippen LogP contribution in [0, 0.1) is 0 Å². The molecule has 1 aliphatic rings. The third-order valence-electron chi connectivity index (χ3n) is 3.83. The van der Waals surface area contributed by atoms with Gasteiger partial charge in [-0.05, 0) is 37.6 Å². The van der Waals surface area contributed by atoms with Crippen LogP contribution >= 0.6 is 0 Å². The Morgan fingerprint density at radius 1 is 1.24 bits per heavy atom. The molecule has 21 heavy (non-hydrogen) atoms. The van der Waals surface area contributed by atoms with Crippen molar-refractivity contribution in [2.75, 3.05) is 20.2 Å². The molecule has 0 fully saturated rings. The highest BCUT2D eigenvalue weighted by molar-refractivity contribution is 5.69. The van der Waals surface area contributed by atoms with E-state index in [4.69, 9.17) is 4.74 Å². The normalized spacial score (nSPS) is 21.0. The highest BCUT2D eigenvalue weighted by atomic mass is 19.4. The Morgan fingerprint density at radius 3 is 2.33 bits per heavy atom. The van der Waals surface area contributed by atoms with Gasteiger partial charge < -0.3 is 14.7 Å². The lowest BCUT2D eigenvalue weighted by Gasteiger charge is -2.36. The maximum absolute atomic E-state index is 13.5. The molecule has 6 heteroatoms. The predicted octanol–water partition coefficient (Wildman–Crippen LogP) is 3.14. The smallest absolute Gasteiger partial charge is 0.427 e. The summed E-state index contributed by atoms with van der Waals surface area (Å²) in [7, 11) is 1.45. The van der Waals surface area contributed by atoms with E-state index >= 15 is 0 Å². The monoisotopic (exact) mass is 301 g/mol. The van der Waals surface area contributed by atoms with Gasteiger partial charge in [0.1, 0.15) is 5.75 Å². The summed E-state index contributed by atoms with van der Waals surface area (Å²) >= 11 is 0. The van der Waals surface area contributed by atoms with Gasteiger partial charge in [-0.3, -0.25) is 0 Å². The molecule has 0 heterocycles. The van der Waals surface area contributed by atoms with Crippen molar-refractivity contribution in [1.29, 1.82) is 0 Å². The Labute approximate surface area is 121 Å². The third-order valence-corrected chi connectivity index (χ3v) is 3.83. The van der Waals surface area contributed by atoms with E-state index in [0.717, 1.165) is 0 Å². The van der Waals surface area contributed by atoms with E-state index in [-0.39, 0.29) is 11.3 Å². The van der Waals surface area contributed by atoms with Crippen molar-refractivity contribution < 1.29 is 23.0 Å². The molecule has 116 valence electrons. The molecule has 0 aliphatic heterocycles.